The normalized spacial score (nSPS) is 14.2. The van der Waals surface area contributed by atoms with E-state index in [4.69, 9.17) is 4.74 Å². The fraction of sp³-hybridized carbons (Fsp3) is 0.917. The lowest BCUT2D eigenvalue weighted by atomic mass is 9.76. The first kappa shape index (κ1) is 13.5. The van der Waals surface area contributed by atoms with Crippen LogP contribution < -0.4 is 0 Å². The van der Waals surface area contributed by atoms with E-state index < -0.39 is 0 Å². The lowest BCUT2D eigenvalue weighted by Gasteiger charge is -2.29. The van der Waals surface area contributed by atoms with E-state index in [1.807, 2.05) is 6.92 Å². The molecule has 0 aromatic heterocycles. The van der Waals surface area contributed by atoms with Gasteiger partial charge in [0.25, 0.3) is 0 Å². The Hall–Kier alpha value is -0.530. The molecule has 0 spiro atoms. The van der Waals surface area contributed by atoms with Gasteiger partial charge in [0.1, 0.15) is 0 Å². The van der Waals surface area contributed by atoms with E-state index in [2.05, 4.69) is 34.6 Å². The Labute approximate surface area is 88.0 Å². The van der Waals surface area contributed by atoms with Crippen molar-refractivity contribution in [1.82, 2.24) is 0 Å². The highest BCUT2D eigenvalue weighted by Gasteiger charge is 2.32. The summed E-state index contributed by atoms with van der Waals surface area (Å²) >= 11 is 0. The summed E-state index contributed by atoms with van der Waals surface area (Å²) in [4.78, 5) is 11.7. The quantitative estimate of drug-likeness (QED) is 0.651. The number of hydrogen-bond donors (Lipinski definition) is 0. The first-order chi connectivity index (χ1) is 6.29. The number of ether oxygens (including phenoxy) is 1. The fourth-order valence-corrected chi connectivity index (χ4v) is 1.52. The average molecular weight is 200 g/mol. The molecular formula is C12H24O2. The summed E-state index contributed by atoms with van der Waals surface area (Å²) in [5.41, 5.74) is -0.00345. The maximum absolute atomic E-state index is 11.7. The largest absolute Gasteiger partial charge is 0.466 e. The molecule has 0 heterocycles. The Morgan fingerprint density at radius 2 is 1.79 bits per heavy atom. The maximum Gasteiger partial charge on any atom is 0.309 e. The van der Waals surface area contributed by atoms with Crippen LogP contribution in [-0.4, -0.2) is 12.6 Å². The van der Waals surface area contributed by atoms with Crippen molar-refractivity contribution in [3.63, 3.8) is 0 Å². The van der Waals surface area contributed by atoms with Crippen molar-refractivity contribution in [3.05, 3.63) is 0 Å². The highest BCUT2D eigenvalue weighted by atomic mass is 16.5. The topological polar surface area (TPSA) is 26.3 Å². The second-order valence-electron chi connectivity index (χ2n) is 5.30. The van der Waals surface area contributed by atoms with Gasteiger partial charge in [0.2, 0.25) is 0 Å². The zero-order valence-corrected chi connectivity index (χ0v) is 10.4. The number of carbonyl (C=O) groups excluding carboxylic acids is 1. The molecule has 0 aliphatic rings. The van der Waals surface area contributed by atoms with E-state index in [0.717, 1.165) is 6.42 Å². The molecule has 0 fully saturated rings. The minimum atomic E-state index is -0.0475. The third-order valence-corrected chi connectivity index (χ3v) is 2.32. The molecule has 0 amide bonds. The molecule has 1 atom stereocenters. The zero-order valence-electron chi connectivity index (χ0n) is 10.4. The Kier molecular flexibility index (Phi) is 5.17. The van der Waals surface area contributed by atoms with Crippen molar-refractivity contribution >= 4 is 5.97 Å². The van der Waals surface area contributed by atoms with Gasteiger partial charge in [0.05, 0.1) is 12.5 Å². The standard InChI is InChI=1S/C12H24O2/c1-7-14-11(13)10(8-9(2)3)12(4,5)6/h9-10H,7-8H2,1-6H3/t10-/m0/s1. The third-order valence-electron chi connectivity index (χ3n) is 2.32. The Bertz CT molecular complexity index is 177. The molecule has 0 aromatic carbocycles. The SMILES string of the molecule is CCOC(=O)[C@H](CC(C)C)C(C)(C)C. The highest BCUT2D eigenvalue weighted by molar-refractivity contribution is 5.73. The van der Waals surface area contributed by atoms with Crippen LogP contribution in [0.25, 0.3) is 0 Å². The van der Waals surface area contributed by atoms with Gasteiger partial charge in [-0.3, -0.25) is 4.79 Å². The smallest absolute Gasteiger partial charge is 0.309 e. The van der Waals surface area contributed by atoms with Gasteiger partial charge in [-0.15, -0.1) is 0 Å². The molecule has 0 aliphatic carbocycles. The molecule has 0 aromatic rings. The molecule has 0 aliphatic heterocycles. The number of hydrogen-bond acceptors (Lipinski definition) is 2. The molecule has 0 rings (SSSR count). The van der Waals surface area contributed by atoms with Crippen molar-refractivity contribution in [2.75, 3.05) is 6.61 Å². The maximum atomic E-state index is 11.7. The van der Waals surface area contributed by atoms with E-state index in [1.165, 1.54) is 0 Å². The predicted octanol–water partition coefficient (Wildman–Crippen LogP) is 3.26. The number of rotatable bonds is 4. The summed E-state index contributed by atoms with van der Waals surface area (Å²) in [6.45, 7) is 12.9. The van der Waals surface area contributed by atoms with Crippen LogP contribution in [0.3, 0.4) is 0 Å². The zero-order chi connectivity index (χ0) is 11.4. The van der Waals surface area contributed by atoms with Gasteiger partial charge >= 0.3 is 5.97 Å². The molecule has 0 saturated carbocycles. The first-order valence-corrected chi connectivity index (χ1v) is 5.45. The monoisotopic (exact) mass is 200 g/mol. The van der Waals surface area contributed by atoms with Gasteiger partial charge in [-0.25, -0.2) is 0 Å². The summed E-state index contributed by atoms with van der Waals surface area (Å²) in [7, 11) is 0. The van der Waals surface area contributed by atoms with Crippen LogP contribution in [0.2, 0.25) is 0 Å². The minimum Gasteiger partial charge on any atom is -0.466 e. The van der Waals surface area contributed by atoms with Crippen molar-refractivity contribution in [2.24, 2.45) is 17.3 Å². The van der Waals surface area contributed by atoms with Gasteiger partial charge in [0, 0.05) is 0 Å². The molecular weight excluding hydrogens is 176 g/mol. The summed E-state index contributed by atoms with van der Waals surface area (Å²) in [6, 6.07) is 0. The summed E-state index contributed by atoms with van der Waals surface area (Å²) in [5.74, 6) is 0.500. The molecule has 0 radical (unpaired) electrons. The van der Waals surface area contributed by atoms with E-state index in [9.17, 15) is 4.79 Å². The number of carbonyl (C=O) groups is 1. The van der Waals surface area contributed by atoms with Crippen LogP contribution in [0.5, 0.6) is 0 Å². The molecule has 2 nitrogen and oxygen atoms in total. The fourth-order valence-electron chi connectivity index (χ4n) is 1.52. The van der Waals surface area contributed by atoms with Crippen LogP contribution in [0.15, 0.2) is 0 Å². The first-order valence-electron chi connectivity index (χ1n) is 5.45. The van der Waals surface area contributed by atoms with E-state index in [-0.39, 0.29) is 17.3 Å². The van der Waals surface area contributed by atoms with Crippen molar-refractivity contribution in [2.45, 2.75) is 48.0 Å². The van der Waals surface area contributed by atoms with E-state index >= 15 is 0 Å². The van der Waals surface area contributed by atoms with Crippen molar-refractivity contribution in [3.8, 4) is 0 Å². The van der Waals surface area contributed by atoms with Crippen LogP contribution in [0.1, 0.15) is 48.0 Å². The van der Waals surface area contributed by atoms with E-state index in [1.54, 1.807) is 0 Å². The van der Waals surface area contributed by atoms with Crippen LogP contribution >= 0.6 is 0 Å². The average Bonchev–Trinajstić information content (AvgIpc) is 1.98. The van der Waals surface area contributed by atoms with Crippen LogP contribution in [-0.2, 0) is 9.53 Å². The Morgan fingerprint density at radius 3 is 2.07 bits per heavy atom. The van der Waals surface area contributed by atoms with Crippen LogP contribution in [0, 0.1) is 17.3 Å². The molecule has 14 heavy (non-hydrogen) atoms. The van der Waals surface area contributed by atoms with Gasteiger partial charge in [-0.1, -0.05) is 34.6 Å². The van der Waals surface area contributed by atoms with Crippen LogP contribution in [0.4, 0.5) is 0 Å². The van der Waals surface area contributed by atoms with Crippen molar-refractivity contribution in [1.29, 1.82) is 0 Å². The molecule has 84 valence electrons. The summed E-state index contributed by atoms with van der Waals surface area (Å²) in [6.07, 6.45) is 0.905. The second-order valence-corrected chi connectivity index (χ2v) is 5.30. The molecule has 0 saturated heterocycles. The summed E-state index contributed by atoms with van der Waals surface area (Å²) < 4.78 is 5.09. The van der Waals surface area contributed by atoms with Crippen molar-refractivity contribution < 1.29 is 9.53 Å². The lowest BCUT2D eigenvalue weighted by molar-refractivity contribution is -0.152. The molecule has 0 unspecified atom stereocenters. The van der Waals surface area contributed by atoms with Gasteiger partial charge in [-0.2, -0.15) is 0 Å². The lowest BCUT2D eigenvalue weighted by Crippen LogP contribution is -2.31. The molecule has 2 heteroatoms. The number of esters is 1. The van der Waals surface area contributed by atoms with Gasteiger partial charge in [0.15, 0.2) is 0 Å². The van der Waals surface area contributed by atoms with E-state index in [0.29, 0.717) is 12.5 Å². The van der Waals surface area contributed by atoms with Gasteiger partial charge < -0.3 is 4.74 Å². The predicted molar refractivity (Wildman–Crippen MR) is 59.0 cm³/mol. The molecule has 0 bridgehead atoms. The minimum absolute atomic E-state index is 0.00345. The Balaban J connectivity index is 4.47. The third kappa shape index (κ3) is 4.64. The highest BCUT2D eigenvalue weighted by Crippen LogP contribution is 2.32. The molecule has 0 N–H and O–H groups in total. The van der Waals surface area contributed by atoms with Gasteiger partial charge in [-0.05, 0) is 24.7 Å². The second kappa shape index (κ2) is 5.38. The summed E-state index contributed by atoms with van der Waals surface area (Å²) in [5, 5.41) is 0. The Morgan fingerprint density at radius 1 is 1.29 bits per heavy atom.